The van der Waals surface area contributed by atoms with Crippen LogP contribution in [0.25, 0.3) is 0 Å². The predicted octanol–water partition coefficient (Wildman–Crippen LogP) is 1.76. The van der Waals surface area contributed by atoms with Crippen LogP contribution < -0.4 is 4.90 Å². The zero-order valence-corrected chi connectivity index (χ0v) is 8.91. The number of hydrogen-bond donors (Lipinski definition) is 0. The van der Waals surface area contributed by atoms with E-state index < -0.39 is 0 Å². The van der Waals surface area contributed by atoms with Crippen LogP contribution in [0.3, 0.4) is 0 Å². The summed E-state index contributed by atoms with van der Waals surface area (Å²) in [6, 6.07) is 0. The lowest BCUT2D eigenvalue weighted by molar-refractivity contribution is 0.321. The molecule has 2 rings (SSSR count). The van der Waals surface area contributed by atoms with Crippen LogP contribution in [0.1, 0.15) is 19.3 Å². The molecular weight excluding hydrogens is 200 g/mol. The Labute approximate surface area is 88.3 Å². The Kier molecular flexibility index (Phi) is 2.82. The van der Waals surface area contributed by atoms with E-state index in [1.54, 1.807) is 6.20 Å². The van der Waals surface area contributed by atoms with Crippen LogP contribution in [0.5, 0.6) is 0 Å². The fourth-order valence-corrected chi connectivity index (χ4v) is 1.74. The fraction of sp³-hybridized carbons (Fsp3) is 0.667. The summed E-state index contributed by atoms with van der Waals surface area (Å²) < 4.78 is 0. The Hall–Kier alpha value is -0.900. The van der Waals surface area contributed by atoms with Crippen molar-refractivity contribution in [2.24, 2.45) is 5.92 Å². The third-order valence-electron chi connectivity index (χ3n) is 2.67. The summed E-state index contributed by atoms with van der Waals surface area (Å²) in [5.74, 6) is 1.62. The van der Waals surface area contributed by atoms with Gasteiger partial charge in [-0.2, -0.15) is 10.1 Å². The van der Waals surface area contributed by atoms with E-state index in [1.807, 2.05) is 7.05 Å². The van der Waals surface area contributed by atoms with Gasteiger partial charge in [0.25, 0.3) is 0 Å². The molecule has 0 amide bonds. The van der Waals surface area contributed by atoms with Gasteiger partial charge in [0.15, 0.2) is 5.82 Å². The van der Waals surface area contributed by atoms with Crippen LogP contribution in [0.4, 0.5) is 5.82 Å². The first-order valence-electron chi connectivity index (χ1n) is 4.82. The van der Waals surface area contributed by atoms with Gasteiger partial charge in [0.05, 0.1) is 6.20 Å². The lowest BCUT2D eigenvalue weighted by Gasteiger charge is -2.30. The first-order valence-corrected chi connectivity index (χ1v) is 5.20. The van der Waals surface area contributed by atoms with Gasteiger partial charge in [-0.25, -0.2) is 0 Å². The van der Waals surface area contributed by atoms with Crippen molar-refractivity contribution in [1.82, 2.24) is 15.2 Å². The van der Waals surface area contributed by atoms with Crippen LogP contribution >= 0.6 is 11.6 Å². The number of hydrogen-bond acceptors (Lipinski definition) is 4. The second kappa shape index (κ2) is 4.09. The predicted molar refractivity (Wildman–Crippen MR) is 55.4 cm³/mol. The van der Waals surface area contributed by atoms with Gasteiger partial charge in [0, 0.05) is 13.6 Å². The van der Waals surface area contributed by atoms with Crippen LogP contribution in [-0.2, 0) is 0 Å². The minimum absolute atomic E-state index is 0.211. The first kappa shape index (κ1) is 9.65. The quantitative estimate of drug-likeness (QED) is 0.766. The monoisotopic (exact) mass is 212 g/mol. The van der Waals surface area contributed by atoms with Crippen LogP contribution in [0.15, 0.2) is 6.20 Å². The summed E-state index contributed by atoms with van der Waals surface area (Å²) in [5.41, 5.74) is 0. The number of aromatic nitrogens is 3. The highest BCUT2D eigenvalue weighted by molar-refractivity contribution is 6.28. The van der Waals surface area contributed by atoms with Crippen molar-refractivity contribution < 1.29 is 0 Å². The first-order chi connectivity index (χ1) is 6.75. The molecule has 0 aliphatic heterocycles. The highest BCUT2D eigenvalue weighted by atomic mass is 35.5. The molecule has 0 saturated heterocycles. The molecule has 1 aliphatic carbocycles. The number of nitrogens with zero attached hydrogens (tertiary/aromatic N) is 4. The minimum Gasteiger partial charge on any atom is -0.358 e. The molecule has 0 aromatic carbocycles. The Balaban J connectivity index is 1.98. The summed E-state index contributed by atoms with van der Waals surface area (Å²) in [5, 5.41) is 7.59. The number of rotatable bonds is 3. The van der Waals surface area contributed by atoms with Crippen molar-refractivity contribution in [2.45, 2.75) is 19.3 Å². The van der Waals surface area contributed by atoms with Crippen LogP contribution in [-0.4, -0.2) is 28.8 Å². The molecule has 1 aliphatic rings. The SMILES string of the molecule is CN(CC1CCC1)c1cnnc(Cl)n1. The molecule has 76 valence electrons. The summed E-state index contributed by atoms with van der Waals surface area (Å²) in [4.78, 5) is 6.19. The topological polar surface area (TPSA) is 41.9 Å². The summed E-state index contributed by atoms with van der Waals surface area (Å²) in [6.07, 6.45) is 5.67. The van der Waals surface area contributed by atoms with Crippen molar-refractivity contribution in [2.75, 3.05) is 18.5 Å². The Bertz CT molecular complexity index is 313. The highest BCUT2D eigenvalue weighted by Gasteiger charge is 2.19. The molecule has 0 bridgehead atoms. The normalized spacial score (nSPS) is 16.4. The smallest absolute Gasteiger partial charge is 0.244 e. The summed E-state index contributed by atoms with van der Waals surface area (Å²) >= 11 is 5.66. The van der Waals surface area contributed by atoms with Crippen molar-refractivity contribution in [1.29, 1.82) is 0 Å². The maximum atomic E-state index is 5.66. The van der Waals surface area contributed by atoms with E-state index >= 15 is 0 Å². The lowest BCUT2D eigenvalue weighted by Crippen LogP contribution is -2.30. The average Bonchev–Trinajstić information content (AvgIpc) is 2.11. The third kappa shape index (κ3) is 2.12. The Morgan fingerprint density at radius 2 is 2.36 bits per heavy atom. The Morgan fingerprint density at radius 1 is 1.57 bits per heavy atom. The summed E-state index contributed by atoms with van der Waals surface area (Å²) in [7, 11) is 2.01. The largest absolute Gasteiger partial charge is 0.358 e. The zero-order chi connectivity index (χ0) is 9.97. The number of halogens is 1. The van der Waals surface area contributed by atoms with E-state index in [9.17, 15) is 0 Å². The second-order valence-electron chi connectivity index (χ2n) is 3.76. The molecule has 14 heavy (non-hydrogen) atoms. The lowest BCUT2D eigenvalue weighted by atomic mass is 9.85. The van der Waals surface area contributed by atoms with Crippen molar-refractivity contribution in [3.05, 3.63) is 11.5 Å². The molecule has 1 heterocycles. The summed E-state index contributed by atoms with van der Waals surface area (Å²) in [6.45, 7) is 1.04. The van der Waals surface area contributed by atoms with Gasteiger partial charge in [-0.3, -0.25) is 0 Å². The van der Waals surface area contributed by atoms with Gasteiger partial charge in [-0.05, 0) is 30.4 Å². The van der Waals surface area contributed by atoms with E-state index in [0.29, 0.717) is 0 Å². The van der Waals surface area contributed by atoms with E-state index in [0.717, 1.165) is 18.3 Å². The molecule has 0 N–H and O–H groups in total. The van der Waals surface area contributed by atoms with Gasteiger partial charge in [-0.15, -0.1) is 5.10 Å². The van der Waals surface area contributed by atoms with E-state index in [2.05, 4.69) is 20.1 Å². The molecule has 1 fully saturated rings. The maximum Gasteiger partial charge on any atom is 0.244 e. The Morgan fingerprint density at radius 3 is 2.93 bits per heavy atom. The zero-order valence-electron chi connectivity index (χ0n) is 8.15. The highest BCUT2D eigenvalue weighted by Crippen LogP contribution is 2.27. The van der Waals surface area contributed by atoms with Gasteiger partial charge in [0.2, 0.25) is 5.28 Å². The van der Waals surface area contributed by atoms with Crippen molar-refractivity contribution in [3.8, 4) is 0 Å². The van der Waals surface area contributed by atoms with E-state index in [-0.39, 0.29) is 5.28 Å². The molecule has 0 atom stereocenters. The van der Waals surface area contributed by atoms with E-state index in [1.165, 1.54) is 19.3 Å². The van der Waals surface area contributed by atoms with Crippen LogP contribution in [0.2, 0.25) is 5.28 Å². The number of anilines is 1. The van der Waals surface area contributed by atoms with E-state index in [4.69, 9.17) is 11.6 Å². The minimum atomic E-state index is 0.211. The average molecular weight is 213 g/mol. The molecule has 1 aromatic rings. The molecule has 1 aromatic heterocycles. The molecule has 0 radical (unpaired) electrons. The van der Waals surface area contributed by atoms with Gasteiger partial charge in [0.1, 0.15) is 0 Å². The van der Waals surface area contributed by atoms with Crippen molar-refractivity contribution >= 4 is 17.4 Å². The fourth-order valence-electron chi connectivity index (χ4n) is 1.61. The molecule has 5 heteroatoms. The molecule has 4 nitrogen and oxygen atoms in total. The van der Waals surface area contributed by atoms with Crippen molar-refractivity contribution in [3.63, 3.8) is 0 Å². The molecule has 0 spiro atoms. The van der Waals surface area contributed by atoms with Gasteiger partial charge in [-0.1, -0.05) is 6.42 Å². The third-order valence-corrected chi connectivity index (χ3v) is 2.83. The molecule has 0 unspecified atom stereocenters. The molecular formula is C9H13ClN4. The molecule has 1 saturated carbocycles. The van der Waals surface area contributed by atoms with Gasteiger partial charge < -0.3 is 4.90 Å². The standard InChI is InChI=1S/C9H13ClN4/c1-14(6-7-3-2-4-7)8-5-11-13-9(10)12-8/h5,7H,2-4,6H2,1H3. The second-order valence-corrected chi connectivity index (χ2v) is 4.10. The van der Waals surface area contributed by atoms with Crippen LogP contribution in [0, 0.1) is 5.92 Å². The maximum absolute atomic E-state index is 5.66. The van der Waals surface area contributed by atoms with Gasteiger partial charge >= 0.3 is 0 Å².